The van der Waals surface area contributed by atoms with E-state index in [4.69, 9.17) is 0 Å². The SMILES string of the molecule is CCC.O=c1[nH]cc(C2=NCCC=N2)cc1C1=CCCCC1. The van der Waals surface area contributed by atoms with E-state index in [1.807, 2.05) is 12.3 Å². The number of nitrogens with one attached hydrogen (secondary N) is 1. The smallest absolute Gasteiger partial charge is 0.255 e. The molecule has 22 heavy (non-hydrogen) atoms. The van der Waals surface area contributed by atoms with Crippen LogP contribution in [0.25, 0.3) is 5.57 Å². The van der Waals surface area contributed by atoms with E-state index in [2.05, 4.69) is 34.9 Å². The summed E-state index contributed by atoms with van der Waals surface area (Å²) in [6, 6.07) is 1.93. The molecule has 1 aliphatic heterocycles. The van der Waals surface area contributed by atoms with Crippen LogP contribution >= 0.6 is 0 Å². The van der Waals surface area contributed by atoms with Crippen molar-refractivity contribution in [1.82, 2.24) is 4.98 Å². The largest absolute Gasteiger partial charge is 0.328 e. The molecule has 2 aliphatic rings. The predicted molar refractivity (Wildman–Crippen MR) is 94.0 cm³/mol. The molecule has 0 saturated carbocycles. The zero-order chi connectivity index (χ0) is 15.8. The van der Waals surface area contributed by atoms with Crippen LogP contribution in [0.2, 0.25) is 0 Å². The first-order chi connectivity index (χ1) is 10.8. The number of aromatic nitrogens is 1. The summed E-state index contributed by atoms with van der Waals surface area (Å²) in [6.07, 6.45) is 12.4. The first-order valence-corrected chi connectivity index (χ1v) is 8.25. The highest BCUT2D eigenvalue weighted by Crippen LogP contribution is 2.25. The molecule has 1 N–H and O–H groups in total. The van der Waals surface area contributed by atoms with Crippen LogP contribution in [-0.4, -0.2) is 23.6 Å². The molecular weight excluding hydrogens is 274 g/mol. The zero-order valence-corrected chi connectivity index (χ0v) is 13.6. The average Bonchev–Trinajstić information content (AvgIpc) is 2.58. The highest BCUT2D eigenvalue weighted by Gasteiger charge is 2.13. The molecule has 0 unspecified atom stereocenters. The van der Waals surface area contributed by atoms with Gasteiger partial charge in [-0.25, -0.2) is 4.99 Å². The lowest BCUT2D eigenvalue weighted by atomic mass is 9.94. The molecule has 0 bridgehead atoms. The number of aromatic amines is 1. The van der Waals surface area contributed by atoms with E-state index in [0.717, 1.165) is 54.8 Å². The normalized spacial score (nSPS) is 17.2. The van der Waals surface area contributed by atoms with Gasteiger partial charge in [0.15, 0.2) is 5.84 Å². The maximum atomic E-state index is 12.0. The Hall–Kier alpha value is -1.97. The predicted octanol–water partition coefficient (Wildman–Crippen LogP) is 3.97. The van der Waals surface area contributed by atoms with E-state index in [1.54, 1.807) is 6.20 Å². The van der Waals surface area contributed by atoms with Crippen LogP contribution < -0.4 is 5.56 Å². The second kappa shape index (κ2) is 8.47. The molecule has 1 aromatic heterocycles. The molecule has 0 spiro atoms. The Morgan fingerprint density at radius 1 is 1.23 bits per heavy atom. The summed E-state index contributed by atoms with van der Waals surface area (Å²) >= 11 is 0. The summed E-state index contributed by atoms with van der Waals surface area (Å²) in [5.74, 6) is 0.722. The number of pyridine rings is 1. The lowest BCUT2D eigenvalue weighted by Crippen LogP contribution is -2.15. The van der Waals surface area contributed by atoms with Crippen LogP contribution in [0.4, 0.5) is 0 Å². The second-order valence-corrected chi connectivity index (χ2v) is 5.62. The van der Waals surface area contributed by atoms with Crippen molar-refractivity contribution in [1.29, 1.82) is 0 Å². The molecule has 4 heteroatoms. The minimum Gasteiger partial charge on any atom is -0.328 e. The summed E-state index contributed by atoms with van der Waals surface area (Å²) in [4.78, 5) is 23.5. The highest BCUT2D eigenvalue weighted by atomic mass is 16.1. The van der Waals surface area contributed by atoms with E-state index in [0.29, 0.717) is 0 Å². The van der Waals surface area contributed by atoms with Gasteiger partial charge in [-0.1, -0.05) is 26.3 Å². The minimum atomic E-state index is -0.0164. The zero-order valence-electron chi connectivity index (χ0n) is 13.6. The van der Waals surface area contributed by atoms with Crippen LogP contribution in [0.15, 0.2) is 33.1 Å². The van der Waals surface area contributed by atoms with Gasteiger partial charge in [0.2, 0.25) is 0 Å². The van der Waals surface area contributed by atoms with Crippen molar-refractivity contribution in [3.05, 3.63) is 39.8 Å². The Labute approximate surface area is 132 Å². The molecule has 0 radical (unpaired) electrons. The van der Waals surface area contributed by atoms with E-state index < -0.39 is 0 Å². The third-order valence-corrected chi connectivity index (χ3v) is 3.53. The van der Waals surface area contributed by atoms with Crippen LogP contribution in [0.1, 0.15) is 63.5 Å². The lowest BCUT2D eigenvalue weighted by molar-refractivity contribution is 0.741. The van der Waals surface area contributed by atoms with Crippen molar-refractivity contribution >= 4 is 17.6 Å². The molecule has 1 aliphatic carbocycles. The van der Waals surface area contributed by atoms with Crippen LogP contribution in [-0.2, 0) is 0 Å². The van der Waals surface area contributed by atoms with Gasteiger partial charge in [0, 0.05) is 36.5 Å². The van der Waals surface area contributed by atoms with Gasteiger partial charge in [-0.3, -0.25) is 9.79 Å². The van der Waals surface area contributed by atoms with Gasteiger partial charge in [-0.15, -0.1) is 0 Å². The number of hydrogen-bond donors (Lipinski definition) is 1. The minimum absolute atomic E-state index is 0.0164. The fourth-order valence-electron chi connectivity index (χ4n) is 2.52. The molecule has 0 atom stereocenters. The Bertz CT molecular complexity index is 638. The maximum Gasteiger partial charge on any atom is 0.255 e. The van der Waals surface area contributed by atoms with Crippen LogP contribution in [0, 0.1) is 0 Å². The van der Waals surface area contributed by atoms with Crippen molar-refractivity contribution in [2.24, 2.45) is 9.98 Å². The molecule has 0 aromatic carbocycles. The van der Waals surface area contributed by atoms with E-state index >= 15 is 0 Å². The third kappa shape index (κ3) is 4.26. The molecule has 0 amide bonds. The fraction of sp³-hybridized carbons (Fsp3) is 0.500. The van der Waals surface area contributed by atoms with Gasteiger partial charge in [-0.05, 0) is 37.3 Å². The number of aliphatic imine (C=N–C) groups is 2. The monoisotopic (exact) mass is 299 g/mol. The van der Waals surface area contributed by atoms with E-state index in [-0.39, 0.29) is 5.56 Å². The molecular formula is C18H25N3O. The fourth-order valence-corrected chi connectivity index (χ4v) is 2.52. The summed E-state index contributed by atoms with van der Waals surface area (Å²) in [5.41, 5.74) is 2.82. The Balaban J connectivity index is 0.000000545. The van der Waals surface area contributed by atoms with Gasteiger partial charge in [-0.2, -0.15) is 0 Å². The Kier molecular flexibility index (Phi) is 6.31. The highest BCUT2D eigenvalue weighted by molar-refractivity contribution is 6.04. The summed E-state index contributed by atoms with van der Waals surface area (Å²) in [6.45, 7) is 5.02. The van der Waals surface area contributed by atoms with Gasteiger partial charge >= 0.3 is 0 Å². The molecule has 4 nitrogen and oxygen atoms in total. The first kappa shape index (κ1) is 16.4. The Morgan fingerprint density at radius 2 is 2.05 bits per heavy atom. The maximum absolute atomic E-state index is 12.0. The van der Waals surface area contributed by atoms with Gasteiger partial charge < -0.3 is 4.98 Å². The van der Waals surface area contributed by atoms with Crippen LogP contribution in [0.3, 0.4) is 0 Å². The van der Waals surface area contributed by atoms with Gasteiger partial charge in [0.05, 0.1) is 0 Å². The van der Waals surface area contributed by atoms with Gasteiger partial charge in [0.1, 0.15) is 0 Å². The molecule has 3 rings (SSSR count). The summed E-state index contributed by atoms with van der Waals surface area (Å²) < 4.78 is 0. The first-order valence-electron chi connectivity index (χ1n) is 8.25. The average molecular weight is 299 g/mol. The molecule has 2 heterocycles. The number of allylic oxidation sites excluding steroid dienone is 2. The Morgan fingerprint density at radius 3 is 2.68 bits per heavy atom. The van der Waals surface area contributed by atoms with Crippen molar-refractivity contribution in [2.75, 3.05) is 6.54 Å². The molecule has 0 fully saturated rings. The third-order valence-electron chi connectivity index (χ3n) is 3.53. The quantitative estimate of drug-likeness (QED) is 0.882. The standard InChI is InChI=1S/C15H17N3O.C3H8/c19-15-13(11-5-2-1-3-6-11)9-12(10-18-15)14-16-7-4-8-17-14;1-3-2/h5,7,9-10H,1-4,6,8H2,(H,18,19);3H2,1-2H3. The number of hydrogen-bond acceptors (Lipinski definition) is 3. The number of amidine groups is 1. The van der Waals surface area contributed by atoms with Crippen LogP contribution in [0.5, 0.6) is 0 Å². The van der Waals surface area contributed by atoms with Gasteiger partial charge in [0.25, 0.3) is 5.56 Å². The number of rotatable bonds is 2. The van der Waals surface area contributed by atoms with Crippen molar-refractivity contribution in [3.8, 4) is 0 Å². The number of nitrogens with zero attached hydrogens (tertiary/aromatic N) is 2. The van der Waals surface area contributed by atoms with Crippen molar-refractivity contribution < 1.29 is 0 Å². The molecule has 1 aromatic rings. The van der Waals surface area contributed by atoms with Crippen molar-refractivity contribution in [2.45, 2.75) is 52.4 Å². The molecule has 118 valence electrons. The number of H-pyrrole nitrogens is 1. The van der Waals surface area contributed by atoms with E-state index in [9.17, 15) is 4.79 Å². The second-order valence-electron chi connectivity index (χ2n) is 5.62. The van der Waals surface area contributed by atoms with E-state index in [1.165, 1.54) is 12.8 Å². The molecule has 0 saturated heterocycles. The van der Waals surface area contributed by atoms with Crippen molar-refractivity contribution in [3.63, 3.8) is 0 Å². The summed E-state index contributed by atoms with van der Waals surface area (Å²) in [5, 5.41) is 0. The lowest BCUT2D eigenvalue weighted by Gasteiger charge is -2.13. The topological polar surface area (TPSA) is 57.6 Å². The summed E-state index contributed by atoms with van der Waals surface area (Å²) in [7, 11) is 0.